The van der Waals surface area contributed by atoms with Gasteiger partial charge in [0.1, 0.15) is 6.10 Å². The predicted octanol–water partition coefficient (Wildman–Crippen LogP) is -0.305. The minimum atomic E-state index is -1.43. The third kappa shape index (κ3) is 2.61. The summed E-state index contributed by atoms with van der Waals surface area (Å²) in [6.07, 6.45) is -4.63. The molecule has 0 radical (unpaired) electrons. The first kappa shape index (κ1) is 12.7. The number of esters is 1. The second-order valence-electron chi connectivity index (χ2n) is 3.49. The Hall–Kier alpha value is -1.34. The van der Waals surface area contributed by atoms with Gasteiger partial charge >= 0.3 is 5.97 Å². The topological polar surface area (TPSA) is 125 Å². The summed E-state index contributed by atoms with van der Waals surface area (Å²) >= 11 is 0. The van der Waals surface area contributed by atoms with E-state index < -0.39 is 36.6 Å². The molecule has 0 aromatic heterocycles. The van der Waals surface area contributed by atoms with E-state index in [0.717, 1.165) is 6.92 Å². The number of hydrogen-bond acceptors (Lipinski definition) is 6. The van der Waals surface area contributed by atoms with Crippen molar-refractivity contribution in [3.05, 3.63) is 10.4 Å². The van der Waals surface area contributed by atoms with Crippen LogP contribution in [-0.2, 0) is 14.3 Å². The first-order valence-electron chi connectivity index (χ1n) is 4.70. The van der Waals surface area contributed by atoms with Crippen LogP contribution in [0.15, 0.2) is 5.11 Å². The van der Waals surface area contributed by atoms with Gasteiger partial charge in [-0.15, -0.1) is 0 Å². The van der Waals surface area contributed by atoms with Gasteiger partial charge in [-0.25, -0.2) is 0 Å². The SMILES string of the molecule is CC(=O)O[C@H]1[C@@H](O)[C@H](N=[N+]=[N-])[C@@H](C)O[C@@H]1O. The first-order chi connectivity index (χ1) is 7.47. The van der Waals surface area contributed by atoms with Crippen LogP contribution in [0.4, 0.5) is 0 Å². The van der Waals surface area contributed by atoms with Gasteiger partial charge in [0, 0.05) is 11.8 Å². The van der Waals surface area contributed by atoms with Gasteiger partial charge in [-0.3, -0.25) is 4.79 Å². The third-order valence-electron chi connectivity index (χ3n) is 2.29. The molecule has 8 nitrogen and oxygen atoms in total. The lowest BCUT2D eigenvalue weighted by molar-refractivity contribution is -0.257. The zero-order chi connectivity index (χ0) is 12.3. The number of carbonyl (C=O) groups is 1. The van der Waals surface area contributed by atoms with Crippen molar-refractivity contribution in [3.63, 3.8) is 0 Å². The van der Waals surface area contributed by atoms with Crippen LogP contribution in [0.2, 0.25) is 0 Å². The molecule has 16 heavy (non-hydrogen) atoms. The van der Waals surface area contributed by atoms with Crippen LogP contribution < -0.4 is 0 Å². The molecular formula is C8H13N3O5. The molecule has 90 valence electrons. The van der Waals surface area contributed by atoms with Crippen molar-refractivity contribution in [2.45, 2.75) is 44.5 Å². The summed E-state index contributed by atoms with van der Waals surface area (Å²) in [7, 11) is 0. The Morgan fingerprint density at radius 1 is 1.56 bits per heavy atom. The summed E-state index contributed by atoms with van der Waals surface area (Å²) in [6.45, 7) is 2.68. The highest BCUT2D eigenvalue weighted by atomic mass is 16.7. The van der Waals surface area contributed by atoms with E-state index in [9.17, 15) is 15.0 Å². The highest BCUT2D eigenvalue weighted by molar-refractivity contribution is 5.66. The quantitative estimate of drug-likeness (QED) is 0.292. The number of ether oxygens (including phenoxy) is 2. The standard InChI is InChI=1S/C8H13N3O5/c1-3-5(10-11-9)6(13)7(8(14)15-3)16-4(2)12/h3,5-8,13-14H,1-2H3/t3-,5-,6+,7+,8+/m1/s1. The Morgan fingerprint density at radius 3 is 2.69 bits per heavy atom. The number of nitrogens with zero attached hydrogens (tertiary/aromatic N) is 3. The second kappa shape index (κ2) is 5.13. The van der Waals surface area contributed by atoms with E-state index in [0.29, 0.717) is 0 Å². The maximum Gasteiger partial charge on any atom is 0.303 e. The average Bonchev–Trinajstić information content (AvgIpc) is 2.19. The zero-order valence-corrected chi connectivity index (χ0v) is 8.85. The molecule has 1 aliphatic heterocycles. The second-order valence-corrected chi connectivity index (χ2v) is 3.49. The number of rotatable bonds is 2. The van der Waals surface area contributed by atoms with Crippen molar-refractivity contribution < 1.29 is 24.5 Å². The molecule has 0 aliphatic carbocycles. The number of azide groups is 1. The van der Waals surface area contributed by atoms with Crippen LogP contribution in [0.25, 0.3) is 10.4 Å². The Labute approximate surface area is 91.4 Å². The number of aliphatic hydroxyl groups is 2. The predicted molar refractivity (Wildman–Crippen MR) is 51.0 cm³/mol. The zero-order valence-electron chi connectivity index (χ0n) is 8.85. The van der Waals surface area contributed by atoms with Crippen molar-refractivity contribution in [2.24, 2.45) is 5.11 Å². The highest BCUT2D eigenvalue weighted by Gasteiger charge is 2.44. The fourth-order valence-electron chi connectivity index (χ4n) is 1.56. The van der Waals surface area contributed by atoms with Crippen molar-refractivity contribution in [1.29, 1.82) is 0 Å². The lowest BCUT2D eigenvalue weighted by Gasteiger charge is -2.38. The van der Waals surface area contributed by atoms with E-state index in [-0.39, 0.29) is 0 Å². The van der Waals surface area contributed by atoms with Crippen LogP contribution in [0, 0.1) is 0 Å². The van der Waals surface area contributed by atoms with E-state index in [1.54, 1.807) is 0 Å². The fraction of sp³-hybridized carbons (Fsp3) is 0.875. The molecule has 8 heteroatoms. The Balaban J connectivity index is 2.84. The number of aliphatic hydroxyl groups excluding tert-OH is 2. The van der Waals surface area contributed by atoms with E-state index >= 15 is 0 Å². The molecule has 1 saturated heterocycles. The molecule has 0 saturated carbocycles. The molecule has 1 fully saturated rings. The lowest BCUT2D eigenvalue weighted by Crippen LogP contribution is -2.57. The van der Waals surface area contributed by atoms with Crippen LogP contribution in [0.1, 0.15) is 13.8 Å². The van der Waals surface area contributed by atoms with Crippen molar-refractivity contribution in [3.8, 4) is 0 Å². The van der Waals surface area contributed by atoms with Gasteiger partial charge in [0.05, 0.1) is 12.1 Å². The van der Waals surface area contributed by atoms with E-state index in [1.165, 1.54) is 6.92 Å². The van der Waals surface area contributed by atoms with Crippen molar-refractivity contribution >= 4 is 5.97 Å². The van der Waals surface area contributed by atoms with Gasteiger partial charge in [0.15, 0.2) is 12.4 Å². The molecule has 0 aromatic rings. The molecule has 1 rings (SSSR count). The summed E-state index contributed by atoms with van der Waals surface area (Å²) in [5, 5.41) is 22.6. The molecular weight excluding hydrogens is 218 g/mol. The summed E-state index contributed by atoms with van der Waals surface area (Å²) < 4.78 is 9.68. The Bertz CT molecular complexity index is 317. The van der Waals surface area contributed by atoms with Crippen molar-refractivity contribution in [2.75, 3.05) is 0 Å². The molecule has 0 unspecified atom stereocenters. The Morgan fingerprint density at radius 2 is 2.19 bits per heavy atom. The normalized spacial score (nSPS) is 38.6. The van der Waals surface area contributed by atoms with Gasteiger partial charge in [-0.2, -0.15) is 0 Å². The maximum atomic E-state index is 10.7. The molecule has 2 N–H and O–H groups in total. The third-order valence-corrected chi connectivity index (χ3v) is 2.29. The molecule has 5 atom stereocenters. The minimum absolute atomic E-state index is 0.660. The van der Waals surface area contributed by atoms with Crippen LogP contribution >= 0.6 is 0 Å². The highest BCUT2D eigenvalue weighted by Crippen LogP contribution is 2.24. The van der Waals surface area contributed by atoms with Crippen LogP contribution in [0.3, 0.4) is 0 Å². The van der Waals surface area contributed by atoms with Gasteiger partial charge in [0.2, 0.25) is 0 Å². The molecule has 0 aromatic carbocycles. The van der Waals surface area contributed by atoms with Gasteiger partial charge in [0.25, 0.3) is 0 Å². The summed E-state index contributed by atoms with van der Waals surface area (Å²) in [6, 6.07) is -0.905. The fourth-order valence-corrected chi connectivity index (χ4v) is 1.56. The number of hydrogen-bond donors (Lipinski definition) is 2. The molecule has 0 spiro atoms. The molecule has 1 heterocycles. The Kier molecular flexibility index (Phi) is 4.08. The summed E-state index contributed by atoms with van der Waals surface area (Å²) in [5.41, 5.74) is 8.31. The smallest absolute Gasteiger partial charge is 0.303 e. The van der Waals surface area contributed by atoms with Crippen LogP contribution in [0.5, 0.6) is 0 Å². The van der Waals surface area contributed by atoms with E-state index in [2.05, 4.69) is 10.0 Å². The number of carbonyl (C=O) groups excluding carboxylic acids is 1. The average molecular weight is 231 g/mol. The van der Waals surface area contributed by atoms with Gasteiger partial charge < -0.3 is 19.7 Å². The monoisotopic (exact) mass is 231 g/mol. The largest absolute Gasteiger partial charge is 0.454 e. The van der Waals surface area contributed by atoms with Crippen LogP contribution in [-0.4, -0.2) is 46.8 Å². The minimum Gasteiger partial charge on any atom is -0.454 e. The van der Waals surface area contributed by atoms with Gasteiger partial charge in [-0.05, 0) is 12.5 Å². The summed E-state index contributed by atoms with van der Waals surface area (Å²) in [5.74, 6) is -0.666. The first-order valence-corrected chi connectivity index (χ1v) is 4.70. The molecule has 0 amide bonds. The van der Waals surface area contributed by atoms with Gasteiger partial charge in [-0.1, -0.05) is 5.11 Å². The van der Waals surface area contributed by atoms with Crippen molar-refractivity contribution in [1.82, 2.24) is 0 Å². The molecule has 1 aliphatic rings. The lowest BCUT2D eigenvalue weighted by atomic mass is 9.98. The van der Waals surface area contributed by atoms with E-state index in [4.69, 9.17) is 15.0 Å². The summed E-state index contributed by atoms with van der Waals surface area (Å²) in [4.78, 5) is 13.3. The maximum absolute atomic E-state index is 10.7. The molecule has 0 bridgehead atoms. The van der Waals surface area contributed by atoms with E-state index in [1.807, 2.05) is 0 Å².